The maximum Gasteiger partial charge on any atom is 0.335 e. The maximum atomic E-state index is 15.0. The molecule has 0 atom stereocenters. The zero-order chi connectivity index (χ0) is 20.9. The number of hydrogen-bond acceptors (Lipinski definition) is 2. The molecule has 0 radical (unpaired) electrons. The first-order valence-corrected chi connectivity index (χ1v) is 11.3. The van der Waals surface area contributed by atoms with Gasteiger partial charge in [0, 0.05) is 6.08 Å². The number of allylic oxidation sites excluding steroid dienone is 1. The molecule has 0 aliphatic heterocycles. The molecule has 3 fully saturated rings. The fourth-order valence-corrected chi connectivity index (χ4v) is 5.44. The van der Waals surface area contributed by atoms with Crippen molar-refractivity contribution in [3.63, 3.8) is 0 Å². The molecule has 160 valence electrons. The molecule has 4 rings (SSSR count). The van der Waals surface area contributed by atoms with Crippen LogP contribution in [-0.2, 0) is 10.2 Å². The van der Waals surface area contributed by atoms with Crippen LogP contribution in [0.1, 0.15) is 96.5 Å². The fourth-order valence-electron chi connectivity index (χ4n) is 5.44. The summed E-state index contributed by atoms with van der Waals surface area (Å²) in [6, 6.07) is 3.05. The summed E-state index contributed by atoms with van der Waals surface area (Å²) in [7, 11) is 0. The second-order valence-corrected chi connectivity index (χ2v) is 9.10. The van der Waals surface area contributed by atoms with Gasteiger partial charge in [0.25, 0.3) is 0 Å². The Labute approximate surface area is 173 Å². The highest BCUT2D eigenvalue weighted by Crippen LogP contribution is 2.60. The summed E-state index contributed by atoms with van der Waals surface area (Å²) in [4.78, 5) is 11.6. The standard InChI is InChI=1S/C25H34F2O2/c1-3-5-6-7-8-12-24-13-16-25(17-14-24,18-15-24)19-10-11-20(23(27)22(19)26)29-21(28)9-4-2/h4,9-11H,3,5-8,12-18H2,1-2H3. The molecule has 2 nitrogen and oxygen atoms in total. The lowest BCUT2D eigenvalue weighted by molar-refractivity contribution is -0.129. The highest BCUT2D eigenvalue weighted by Gasteiger charge is 2.50. The van der Waals surface area contributed by atoms with Gasteiger partial charge < -0.3 is 4.74 Å². The van der Waals surface area contributed by atoms with E-state index in [2.05, 4.69) is 6.92 Å². The Bertz CT molecular complexity index is 729. The van der Waals surface area contributed by atoms with Crippen molar-refractivity contribution < 1.29 is 18.3 Å². The van der Waals surface area contributed by atoms with Gasteiger partial charge in [0.1, 0.15) is 0 Å². The molecular formula is C25H34F2O2. The number of fused-ring (bicyclic) bond motifs is 3. The molecule has 29 heavy (non-hydrogen) atoms. The topological polar surface area (TPSA) is 26.3 Å². The monoisotopic (exact) mass is 404 g/mol. The second-order valence-electron chi connectivity index (χ2n) is 9.10. The summed E-state index contributed by atoms with van der Waals surface area (Å²) < 4.78 is 34.5. The smallest absolute Gasteiger partial charge is 0.335 e. The molecule has 0 saturated heterocycles. The zero-order valence-electron chi connectivity index (χ0n) is 17.9. The van der Waals surface area contributed by atoms with E-state index in [1.54, 1.807) is 13.0 Å². The van der Waals surface area contributed by atoms with E-state index in [4.69, 9.17) is 4.74 Å². The van der Waals surface area contributed by atoms with Crippen molar-refractivity contribution in [2.45, 2.75) is 96.3 Å². The van der Waals surface area contributed by atoms with Crippen molar-refractivity contribution in [2.75, 3.05) is 0 Å². The van der Waals surface area contributed by atoms with E-state index in [1.807, 2.05) is 0 Å². The van der Waals surface area contributed by atoms with Crippen LogP contribution < -0.4 is 4.74 Å². The van der Waals surface area contributed by atoms with Crippen molar-refractivity contribution in [1.29, 1.82) is 0 Å². The summed E-state index contributed by atoms with van der Waals surface area (Å²) >= 11 is 0. The third kappa shape index (κ3) is 4.73. The number of esters is 1. The van der Waals surface area contributed by atoms with Gasteiger partial charge in [-0.1, -0.05) is 51.2 Å². The highest BCUT2D eigenvalue weighted by molar-refractivity contribution is 5.83. The Morgan fingerprint density at radius 2 is 1.66 bits per heavy atom. The Morgan fingerprint density at radius 3 is 2.28 bits per heavy atom. The Morgan fingerprint density at radius 1 is 1.00 bits per heavy atom. The van der Waals surface area contributed by atoms with E-state index in [-0.39, 0.29) is 11.2 Å². The number of unbranched alkanes of at least 4 members (excludes halogenated alkanes) is 4. The molecule has 1 aromatic rings. The largest absolute Gasteiger partial charge is 0.420 e. The SMILES string of the molecule is CC=CC(=O)Oc1ccc(C23CCC(CCCCCCC)(CC2)CC3)c(F)c1F. The first kappa shape index (κ1) is 22.0. The summed E-state index contributed by atoms with van der Waals surface area (Å²) in [6.07, 6.45) is 16.6. The fraction of sp³-hybridized carbons (Fsp3) is 0.640. The van der Waals surface area contributed by atoms with Gasteiger partial charge in [0.05, 0.1) is 0 Å². The summed E-state index contributed by atoms with van der Waals surface area (Å²) in [5.41, 5.74) is 0.628. The van der Waals surface area contributed by atoms with E-state index >= 15 is 0 Å². The molecule has 0 amide bonds. The predicted octanol–water partition coefficient (Wildman–Crippen LogP) is 7.40. The molecule has 0 unspecified atom stereocenters. The zero-order valence-corrected chi connectivity index (χ0v) is 17.9. The van der Waals surface area contributed by atoms with Crippen LogP contribution in [0.25, 0.3) is 0 Å². The van der Waals surface area contributed by atoms with Crippen LogP contribution in [-0.4, -0.2) is 5.97 Å². The molecule has 3 aliphatic carbocycles. The second kappa shape index (κ2) is 9.40. The third-order valence-electron chi connectivity index (χ3n) is 7.34. The van der Waals surface area contributed by atoms with E-state index in [0.29, 0.717) is 11.0 Å². The normalized spacial score (nSPS) is 26.2. The van der Waals surface area contributed by atoms with Crippen LogP contribution in [0.5, 0.6) is 5.75 Å². The number of ether oxygens (including phenoxy) is 1. The van der Waals surface area contributed by atoms with E-state index < -0.39 is 17.6 Å². The first-order valence-electron chi connectivity index (χ1n) is 11.3. The van der Waals surface area contributed by atoms with Crippen LogP contribution in [0, 0.1) is 17.0 Å². The van der Waals surface area contributed by atoms with Gasteiger partial charge in [-0.15, -0.1) is 0 Å². The van der Waals surface area contributed by atoms with Gasteiger partial charge in [0.15, 0.2) is 11.6 Å². The summed E-state index contributed by atoms with van der Waals surface area (Å²) in [5.74, 6) is -2.92. The molecule has 2 bridgehead atoms. The third-order valence-corrected chi connectivity index (χ3v) is 7.34. The Hall–Kier alpha value is -1.71. The average Bonchev–Trinajstić information content (AvgIpc) is 2.73. The van der Waals surface area contributed by atoms with Crippen molar-refractivity contribution in [3.05, 3.63) is 41.5 Å². The maximum absolute atomic E-state index is 15.0. The van der Waals surface area contributed by atoms with E-state index in [0.717, 1.165) is 38.5 Å². The van der Waals surface area contributed by atoms with Gasteiger partial charge in [0.2, 0.25) is 5.82 Å². The number of benzene rings is 1. The lowest BCUT2D eigenvalue weighted by atomic mass is 9.51. The van der Waals surface area contributed by atoms with Gasteiger partial charge in [-0.25, -0.2) is 9.18 Å². The summed E-state index contributed by atoms with van der Waals surface area (Å²) in [5, 5.41) is 0. The minimum Gasteiger partial charge on any atom is -0.420 e. The average molecular weight is 405 g/mol. The molecule has 0 N–H and O–H groups in total. The van der Waals surface area contributed by atoms with Crippen LogP contribution in [0.3, 0.4) is 0 Å². The molecule has 0 aromatic heterocycles. The van der Waals surface area contributed by atoms with Crippen LogP contribution in [0.4, 0.5) is 8.78 Å². The van der Waals surface area contributed by atoms with Crippen LogP contribution in [0.2, 0.25) is 0 Å². The van der Waals surface area contributed by atoms with Crippen molar-refractivity contribution in [1.82, 2.24) is 0 Å². The number of hydrogen-bond donors (Lipinski definition) is 0. The Kier molecular flexibility index (Phi) is 7.13. The molecule has 3 aliphatic rings. The predicted molar refractivity (Wildman–Crippen MR) is 112 cm³/mol. The lowest BCUT2D eigenvalue weighted by Crippen LogP contribution is -2.44. The quantitative estimate of drug-likeness (QED) is 0.185. The van der Waals surface area contributed by atoms with Gasteiger partial charge in [-0.2, -0.15) is 4.39 Å². The molecule has 4 heteroatoms. The van der Waals surface area contributed by atoms with Crippen LogP contribution in [0.15, 0.2) is 24.3 Å². The van der Waals surface area contributed by atoms with Crippen molar-refractivity contribution >= 4 is 5.97 Å². The van der Waals surface area contributed by atoms with Crippen LogP contribution >= 0.6 is 0 Å². The summed E-state index contributed by atoms with van der Waals surface area (Å²) in [6.45, 7) is 3.90. The van der Waals surface area contributed by atoms with Crippen molar-refractivity contribution in [2.24, 2.45) is 5.41 Å². The molecule has 1 aromatic carbocycles. The Balaban J connectivity index is 1.67. The van der Waals surface area contributed by atoms with E-state index in [1.165, 1.54) is 56.7 Å². The molecule has 0 spiro atoms. The van der Waals surface area contributed by atoms with Gasteiger partial charge in [-0.05, 0) is 74.3 Å². The first-order chi connectivity index (χ1) is 14.0. The number of carbonyl (C=O) groups excluding carboxylic acids is 1. The molecular weight excluding hydrogens is 370 g/mol. The van der Waals surface area contributed by atoms with E-state index in [9.17, 15) is 13.6 Å². The number of halogens is 2. The number of carbonyl (C=O) groups is 1. The van der Waals surface area contributed by atoms with Gasteiger partial charge >= 0.3 is 5.97 Å². The molecule has 0 heterocycles. The molecule has 3 saturated carbocycles. The van der Waals surface area contributed by atoms with Gasteiger partial charge in [-0.3, -0.25) is 0 Å². The minimum atomic E-state index is -1.05. The van der Waals surface area contributed by atoms with Crippen molar-refractivity contribution in [3.8, 4) is 5.75 Å². The highest BCUT2D eigenvalue weighted by atomic mass is 19.2. The lowest BCUT2D eigenvalue weighted by Gasteiger charge is -2.54. The minimum absolute atomic E-state index is 0.263. The number of rotatable bonds is 9.